The second kappa shape index (κ2) is 8.68. The summed E-state index contributed by atoms with van der Waals surface area (Å²) >= 11 is 3.41. The molecular formula is C21H20BrN3O2. The topological polar surface area (TPSA) is 62.7 Å². The van der Waals surface area contributed by atoms with Crippen LogP contribution in [-0.4, -0.2) is 25.3 Å². The number of rotatable bonds is 6. The normalized spacial score (nSPS) is 12.1. The SMILES string of the molecule is COc1ccc(Br)cc1C=NNC(=O)C(C)Nc1cccc2ccccc12. The molecular weight excluding hydrogens is 406 g/mol. The highest BCUT2D eigenvalue weighted by Crippen LogP contribution is 2.23. The van der Waals surface area contributed by atoms with E-state index in [1.54, 1.807) is 20.2 Å². The van der Waals surface area contributed by atoms with Gasteiger partial charge in [0.05, 0.1) is 13.3 Å². The van der Waals surface area contributed by atoms with Crippen LogP contribution in [0.5, 0.6) is 5.75 Å². The van der Waals surface area contributed by atoms with Gasteiger partial charge in [0.25, 0.3) is 5.91 Å². The van der Waals surface area contributed by atoms with Crippen molar-refractivity contribution in [3.8, 4) is 5.75 Å². The maximum absolute atomic E-state index is 12.4. The van der Waals surface area contributed by atoms with Gasteiger partial charge in [0.2, 0.25) is 0 Å². The summed E-state index contributed by atoms with van der Waals surface area (Å²) in [7, 11) is 1.59. The van der Waals surface area contributed by atoms with Crippen molar-refractivity contribution in [2.45, 2.75) is 13.0 Å². The predicted octanol–water partition coefficient (Wildman–Crippen LogP) is 4.56. The van der Waals surface area contributed by atoms with Crippen LogP contribution in [0.15, 0.2) is 70.2 Å². The van der Waals surface area contributed by atoms with Crippen LogP contribution in [0.2, 0.25) is 0 Å². The Labute approximate surface area is 166 Å². The molecule has 2 N–H and O–H groups in total. The molecule has 3 aromatic carbocycles. The Bertz CT molecular complexity index is 983. The third-order valence-corrected chi connectivity index (χ3v) is 4.62. The van der Waals surface area contributed by atoms with Gasteiger partial charge in [0.15, 0.2) is 0 Å². The number of anilines is 1. The summed E-state index contributed by atoms with van der Waals surface area (Å²) in [5.74, 6) is 0.450. The van der Waals surface area contributed by atoms with Gasteiger partial charge in [-0.1, -0.05) is 52.3 Å². The molecule has 1 unspecified atom stereocenters. The van der Waals surface area contributed by atoms with Crippen LogP contribution < -0.4 is 15.5 Å². The molecule has 0 fully saturated rings. The monoisotopic (exact) mass is 425 g/mol. The summed E-state index contributed by atoms with van der Waals surface area (Å²) in [5, 5.41) is 9.49. The Balaban J connectivity index is 1.67. The molecule has 0 saturated carbocycles. The molecule has 3 aromatic rings. The lowest BCUT2D eigenvalue weighted by Crippen LogP contribution is -2.34. The van der Waals surface area contributed by atoms with Crippen molar-refractivity contribution in [2.75, 3.05) is 12.4 Å². The zero-order valence-electron chi connectivity index (χ0n) is 15.1. The van der Waals surface area contributed by atoms with E-state index < -0.39 is 6.04 Å². The second-order valence-electron chi connectivity index (χ2n) is 6.01. The Kier molecular flexibility index (Phi) is 6.08. The molecule has 0 aliphatic rings. The predicted molar refractivity (Wildman–Crippen MR) is 113 cm³/mol. The Morgan fingerprint density at radius 1 is 1.15 bits per heavy atom. The molecule has 5 nitrogen and oxygen atoms in total. The lowest BCUT2D eigenvalue weighted by molar-refractivity contribution is -0.121. The molecule has 0 aliphatic carbocycles. The number of carbonyl (C=O) groups excluding carboxylic acids is 1. The first-order chi connectivity index (χ1) is 13.1. The van der Waals surface area contributed by atoms with Crippen molar-refractivity contribution in [2.24, 2.45) is 5.10 Å². The molecule has 1 amide bonds. The van der Waals surface area contributed by atoms with Crippen molar-refractivity contribution in [1.29, 1.82) is 0 Å². The fraction of sp³-hybridized carbons (Fsp3) is 0.143. The van der Waals surface area contributed by atoms with Crippen molar-refractivity contribution >= 4 is 44.5 Å². The molecule has 0 spiro atoms. The number of methoxy groups -OCH3 is 1. The van der Waals surface area contributed by atoms with Crippen LogP contribution in [0.1, 0.15) is 12.5 Å². The minimum atomic E-state index is -0.447. The Morgan fingerprint density at radius 2 is 1.93 bits per heavy atom. The fourth-order valence-electron chi connectivity index (χ4n) is 2.72. The van der Waals surface area contributed by atoms with Crippen molar-refractivity contribution in [3.63, 3.8) is 0 Å². The number of nitrogens with one attached hydrogen (secondary N) is 2. The number of amides is 1. The van der Waals surface area contributed by atoms with Crippen LogP contribution in [0, 0.1) is 0 Å². The average Bonchev–Trinajstić information content (AvgIpc) is 2.68. The lowest BCUT2D eigenvalue weighted by atomic mass is 10.1. The lowest BCUT2D eigenvalue weighted by Gasteiger charge is -2.15. The standard InChI is InChI=1S/C21H20BrN3O2/c1-14(24-19-9-5-7-15-6-3-4-8-18(15)19)21(26)25-23-13-16-12-17(22)10-11-20(16)27-2/h3-14,24H,1-2H3,(H,25,26). The number of nitrogens with zero attached hydrogens (tertiary/aromatic N) is 1. The first kappa shape index (κ1) is 18.9. The highest BCUT2D eigenvalue weighted by molar-refractivity contribution is 9.10. The summed E-state index contributed by atoms with van der Waals surface area (Å²) in [5.41, 5.74) is 4.24. The van der Waals surface area contributed by atoms with E-state index in [4.69, 9.17) is 4.74 Å². The van der Waals surface area contributed by atoms with Crippen molar-refractivity contribution in [3.05, 3.63) is 70.7 Å². The highest BCUT2D eigenvalue weighted by atomic mass is 79.9. The molecule has 27 heavy (non-hydrogen) atoms. The van der Waals surface area contributed by atoms with E-state index in [9.17, 15) is 4.79 Å². The van der Waals surface area contributed by atoms with Gasteiger partial charge in [0.1, 0.15) is 11.8 Å². The van der Waals surface area contributed by atoms with Gasteiger partial charge in [0, 0.05) is 21.1 Å². The van der Waals surface area contributed by atoms with Gasteiger partial charge in [-0.2, -0.15) is 5.10 Å². The van der Waals surface area contributed by atoms with Crippen LogP contribution in [0.4, 0.5) is 5.69 Å². The number of halogens is 1. The van der Waals surface area contributed by atoms with Crippen LogP contribution >= 0.6 is 15.9 Å². The molecule has 0 bridgehead atoms. The molecule has 0 heterocycles. The van der Waals surface area contributed by atoms with E-state index in [0.29, 0.717) is 5.75 Å². The van der Waals surface area contributed by atoms with Crippen LogP contribution in [0.3, 0.4) is 0 Å². The molecule has 3 rings (SSSR count). The van der Waals surface area contributed by atoms with E-state index in [-0.39, 0.29) is 5.91 Å². The van der Waals surface area contributed by atoms with Gasteiger partial charge in [-0.15, -0.1) is 0 Å². The third-order valence-electron chi connectivity index (χ3n) is 4.13. The highest BCUT2D eigenvalue weighted by Gasteiger charge is 2.13. The quantitative estimate of drug-likeness (QED) is 0.449. The maximum atomic E-state index is 12.4. The summed E-state index contributed by atoms with van der Waals surface area (Å²) in [4.78, 5) is 12.4. The van der Waals surface area contributed by atoms with Crippen LogP contribution in [0.25, 0.3) is 10.8 Å². The van der Waals surface area contributed by atoms with Crippen LogP contribution in [-0.2, 0) is 4.79 Å². The molecule has 6 heteroatoms. The number of hydrazone groups is 1. The Morgan fingerprint density at radius 3 is 2.74 bits per heavy atom. The van der Waals surface area contributed by atoms with E-state index >= 15 is 0 Å². The minimum absolute atomic E-state index is 0.229. The first-order valence-corrected chi connectivity index (χ1v) is 9.28. The van der Waals surface area contributed by atoms with Gasteiger partial charge in [-0.3, -0.25) is 4.79 Å². The number of hydrogen-bond acceptors (Lipinski definition) is 4. The smallest absolute Gasteiger partial charge is 0.262 e. The van der Waals surface area contributed by atoms with Gasteiger partial charge in [-0.25, -0.2) is 5.43 Å². The molecule has 0 aliphatic heterocycles. The first-order valence-electron chi connectivity index (χ1n) is 8.49. The Hall–Kier alpha value is -2.86. The fourth-order valence-corrected chi connectivity index (χ4v) is 3.10. The summed E-state index contributed by atoms with van der Waals surface area (Å²) in [6.07, 6.45) is 1.56. The molecule has 1 atom stereocenters. The zero-order valence-corrected chi connectivity index (χ0v) is 16.7. The maximum Gasteiger partial charge on any atom is 0.262 e. The van der Waals surface area contributed by atoms with Gasteiger partial charge >= 0.3 is 0 Å². The average molecular weight is 426 g/mol. The molecule has 0 radical (unpaired) electrons. The number of ether oxygens (including phenoxy) is 1. The number of benzene rings is 3. The largest absolute Gasteiger partial charge is 0.496 e. The molecule has 0 saturated heterocycles. The number of fused-ring (bicyclic) bond motifs is 1. The van der Waals surface area contributed by atoms with Crippen molar-refractivity contribution < 1.29 is 9.53 Å². The summed E-state index contributed by atoms with van der Waals surface area (Å²) in [6.45, 7) is 1.80. The van der Waals surface area contributed by atoms with E-state index in [1.807, 2.05) is 60.7 Å². The number of carbonyl (C=O) groups is 1. The van der Waals surface area contributed by atoms with Gasteiger partial charge < -0.3 is 10.1 Å². The van der Waals surface area contributed by atoms with Crippen molar-refractivity contribution in [1.82, 2.24) is 5.43 Å². The molecule has 138 valence electrons. The zero-order chi connectivity index (χ0) is 19.2. The van der Waals surface area contributed by atoms with E-state index in [0.717, 1.165) is 26.5 Å². The summed E-state index contributed by atoms with van der Waals surface area (Å²) in [6, 6.07) is 19.1. The second-order valence-corrected chi connectivity index (χ2v) is 6.93. The third kappa shape index (κ3) is 4.65. The van der Waals surface area contributed by atoms with E-state index in [2.05, 4.69) is 31.8 Å². The minimum Gasteiger partial charge on any atom is -0.496 e. The van der Waals surface area contributed by atoms with Gasteiger partial charge in [-0.05, 0) is 36.6 Å². The number of hydrogen-bond donors (Lipinski definition) is 2. The van der Waals surface area contributed by atoms with E-state index in [1.165, 1.54) is 0 Å². The summed E-state index contributed by atoms with van der Waals surface area (Å²) < 4.78 is 6.19. The molecule has 0 aromatic heterocycles.